The normalized spacial score (nSPS) is 11.9. The number of anilines is 2. The molecule has 2 N–H and O–H groups in total. The third-order valence-corrected chi connectivity index (χ3v) is 3.72. The van der Waals surface area contributed by atoms with E-state index in [4.69, 9.17) is 0 Å². The van der Waals surface area contributed by atoms with E-state index in [0.29, 0.717) is 5.13 Å². The number of aryl methyl sites for hydroxylation is 1. The maximum atomic E-state index is 12.0. The lowest BCUT2D eigenvalue weighted by atomic mass is 10.1. The summed E-state index contributed by atoms with van der Waals surface area (Å²) in [5.74, 6) is -0.0872. The zero-order valence-electron chi connectivity index (χ0n) is 11.2. The summed E-state index contributed by atoms with van der Waals surface area (Å²) in [6, 6.07) is 5.70. The second-order valence-corrected chi connectivity index (χ2v) is 5.33. The summed E-state index contributed by atoms with van der Waals surface area (Å²) in [5, 5.41) is 8.47. The number of rotatable bonds is 4. The quantitative estimate of drug-likeness (QED) is 0.901. The van der Waals surface area contributed by atoms with Crippen molar-refractivity contribution in [2.75, 3.05) is 10.6 Å². The minimum Gasteiger partial charge on any atom is -0.374 e. The van der Waals surface area contributed by atoms with E-state index in [1.807, 2.05) is 31.4 Å². The number of benzene rings is 1. The molecule has 100 valence electrons. The van der Waals surface area contributed by atoms with Crippen molar-refractivity contribution in [2.45, 2.75) is 26.8 Å². The predicted octanol–water partition coefficient (Wildman–Crippen LogP) is 3.20. The average Bonchev–Trinajstić information content (AvgIpc) is 2.87. The summed E-state index contributed by atoms with van der Waals surface area (Å²) in [7, 11) is 0. The van der Waals surface area contributed by atoms with E-state index in [9.17, 15) is 4.79 Å². The Bertz CT molecular complexity index is 566. The third-order valence-electron chi connectivity index (χ3n) is 3.03. The molecule has 5 heteroatoms. The lowest BCUT2D eigenvalue weighted by Gasteiger charge is -2.17. The average molecular weight is 275 g/mol. The van der Waals surface area contributed by atoms with E-state index in [1.165, 1.54) is 16.9 Å². The number of nitrogens with one attached hydrogen (secondary N) is 2. The molecule has 19 heavy (non-hydrogen) atoms. The summed E-state index contributed by atoms with van der Waals surface area (Å²) in [6.45, 7) is 5.94. The molecule has 1 atom stereocenters. The van der Waals surface area contributed by atoms with E-state index < -0.39 is 0 Å². The molecule has 0 aliphatic carbocycles. The van der Waals surface area contributed by atoms with E-state index in [-0.39, 0.29) is 11.9 Å². The molecule has 0 radical (unpaired) electrons. The van der Waals surface area contributed by atoms with Gasteiger partial charge in [0.05, 0.1) is 0 Å². The summed E-state index contributed by atoms with van der Waals surface area (Å²) in [4.78, 5) is 16.0. The van der Waals surface area contributed by atoms with Crippen molar-refractivity contribution in [1.29, 1.82) is 0 Å². The second kappa shape index (κ2) is 5.84. The van der Waals surface area contributed by atoms with Crippen LogP contribution in [-0.2, 0) is 4.79 Å². The van der Waals surface area contributed by atoms with Gasteiger partial charge in [0.15, 0.2) is 5.13 Å². The highest BCUT2D eigenvalue weighted by Gasteiger charge is 2.14. The number of carbonyl (C=O) groups is 1. The van der Waals surface area contributed by atoms with Crippen LogP contribution in [-0.4, -0.2) is 16.9 Å². The monoisotopic (exact) mass is 275 g/mol. The fourth-order valence-corrected chi connectivity index (χ4v) is 2.24. The lowest BCUT2D eigenvalue weighted by molar-refractivity contribution is -0.116. The van der Waals surface area contributed by atoms with Crippen molar-refractivity contribution in [3.05, 3.63) is 40.9 Å². The SMILES string of the molecule is Cc1cccc(N[C@@H](C)C(=O)Nc2nccs2)c1C. The Morgan fingerprint density at radius 1 is 1.37 bits per heavy atom. The lowest BCUT2D eigenvalue weighted by Crippen LogP contribution is -2.32. The van der Waals surface area contributed by atoms with Crippen LogP contribution in [0.5, 0.6) is 0 Å². The van der Waals surface area contributed by atoms with Gasteiger partial charge < -0.3 is 10.6 Å². The number of hydrogen-bond acceptors (Lipinski definition) is 4. The Morgan fingerprint density at radius 3 is 2.84 bits per heavy atom. The third kappa shape index (κ3) is 3.32. The van der Waals surface area contributed by atoms with Crippen LogP contribution in [0, 0.1) is 13.8 Å². The van der Waals surface area contributed by atoms with Crippen LogP contribution < -0.4 is 10.6 Å². The van der Waals surface area contributed by atoms with Gasteiger partial charge in [-0.3, -0.25) is 4.79 Å². The van der Waals surface area contributed by atoms with Crippen molar-refractivity contribution in [1.82, 2.24) is 4.98 Å². The Morgan fingerprint density at radius 2 is 2.16 bits per heavy atom. The number of carbonyl (C=O) groups excluding carboxylic acids is 1. The molecule has 0 saturated carbocycles. The van der Waals surface area contributed by atoms with Gasteiger partial charge in [-0.1, -0.05) is 12.1 Å². The molecule has 0 aliphatic rings. The largest absolute Gasteiger partial charge is 0.374 e. The maximum absolute atomic E-state index is 12.0. The predicted molar refractivity (Wildman–Crippen MR) is 79.7 cm³/mol. The van der Waals surface area contributed by atoms with Gasteiger partial charge in [0.2, 0.25) is 5.91 Å². The van der Waals surface area contributed by atoms with Gasteiger partial charge in [-0.15, -0.1) is 11.3 Å². The number of amides is 1. The van der Waals surface area contributed by atoms with Crippen LogP contribution in [0.25, 0.3) is 0 Å². The molecule has 1 heterocycles. The molecule has 2 aromatic rings. The zero-order valence-corrected chi connectivity index (χ0v) is 12.0. The number of nitrogens with zero attached hydrogens (tertiary/aromatic N) is 1. The van der Waals surface area contributed by atoms with Crippen molar-refractivity contribution >= 4 is 28.1 Å². The van der Waals surface area contributed by atoms with Gasteiger partial charge in [-0.25, -0.2) is 4.98 Å². The molecule has 2 rings (SSSR count). The Balaban J connectivity index is 2.02. The molecule has 1 amide bonds. The molecule has 1 aromatic heterocycles. The highest BCUT2D eigenvalue weighted by Crippen LogP contribution is 2.19. The van der Waals surface area contributed by atoms with Gasteiger partial charge in [-0.2, -0.15) is 0 Å². The van der Waals surface area contributed by atoms with Crippen LogP contribution in [0.15, 0.2) is 29.8 Å². The van der Waals surface area contributed by atoms with Gasteiger partial charge in [0.1, 0.15) is 6.04 Å². The minimum absolute atomic E-state index is 0.0872. The first-order chi connectivity index (χ1) is 9.08. The van der Waals surface area contributed by atoms with Gasteiger partial charge >= 0.3 is 0 Å². The molecule has 0 saturated heterocycles. The van der Waals surface area contributed by atoms with Gasteiger partial charge in [-0.05, 0) is 38.0 Å². The number of aromatic nitrogens is 1. The highest BCUT2D eigenvalue weighted by molar-refractivity contribution is 7.13. The molecular weight excluding hydrogens is 258 g/mol. The molecule has 1 aromatic carbocycles. The summed E-state index contributed by atoms with van der Waals surface area (Å²) < 4.78 is 0. The van der Waals surface area contributed by atoms with Crippen LogP contribution in [0.1, 0.15) is 18.1 Å². The van der Waals surface area contributed by atoms with Crippen molar-refractivity contribution in [3.63, 3.8) is 0 Å². The minimum atomic E-state index is -0.315. The fourth-order valence-electron chi connectivity index (χ4n) is 1.71. The second-order valence-electron chi connectivity index (χ2n) is 4.44. The van der Waals surface area contributed by atoms with Crippen molar-refractivity contribution in [3.8, 4) is 0 Å². The number of hydrogen-bond donors (Lipinski definition) is 2. The van der Waals surface area contributed by atoms with Gasteiger partial charge in [0, 0.05) is 17.3 Å². The van der Waals surface area contributed by atoms with Crippen LogP contribution in [0.3, 0.4) is 0 Å². The van der Waals surface area contributed by atoms with E-state index >= 15 is 0 Å². The van der Waals surface area contributed by atoms with E-state index in [2.05, 4.69) is 28.6 Å². The molecule has 0 bridgehead atoms. The standard InChI is InChI=1S/C14H17N3OS/c1-9-5-4-6-12(10(9)2)16-11(3)13(18)17-14-15-7-8-19-14/h4-8,11,16H,1-3H3,(H,15,17,18)/t11-/m0/s1. The van der Waals surface area contributed by atoms with E-state index in [1.54, 1.807) is 6.20 Å². The van der Waals surface area contributed by atoms with Gasteiger partial charge in [0.25, 0.3) is 0 Å². The first kappa shape index (κ1) is 13.5. The summed E-state index contributed by atoms with van der Waals surface area (Å²) in [5.41, 5.74) is 3.36. The molecule has 0 unspecified atom stereocenters. The summed E-state index contributed by atoms with van der Waals surface area (Å²) >= 11 is 1.41. The Labute approximate surface area is 116 Å². The number of thiazole rings is 1. The van der Waals surface area contributed by atoms with Crippen LogP contribution in [0.4, 0.5) is 10.8 Å². The molecule has 0 aliphatic heterocycles. The first-order valence-corrected chi connectivity index (χ1v) is 6.99. The van der Waals surface area contributed by atoms with Crippen LogP contribution in [0.2, 0.25) is 0 Å². The Kier molecular flexibility index (Phi) is 4.16. The van der Waals surface area contributed by atoms with E-state index in [0.717, 1.165) is 11.3 Å². The van der Waals surface area contributed by atoms with Crippen molar-refractivity contribution in [2.24, 2.45) is 0 Å². The van der Waals surface area contributed by atoms with Crippen LogP contribution >= 0.6 is 11.3 Å². The highest BCUT2D eigenvalue weighted by atomic mass is 32.1. The Hall–Kier alpha value is -1.88. The first-order valence-electron chi connectivity index (χ1n) is 6.11. The molecule has 0 spiro atoms. The molecule has 4 nitrogen and oxygen atoms in total. The zero-order chi connectivity index (χ0) is 13.8. The molecular formula is C14H17N3OS. The molecule has 0 fully saturated rings. The smallest absolute Gasteiger partial charge is 0.248 e. The fraction of sp³-hybridized carbons (Fsp3) is 0.286. The summed E-state index contributed by atoms with van der Waals surface area (Å²) in [6.07, 6.45) is 1.67. The van der Waals surface area contributed by atoms with Crippen molar-refractivity contribution < 1.29 is 4.79 Å². The maximum Gasteiger partial charge on any atom is 0.248 e. The topological polar surface area (TPSA) is 54.0 Å².